The van der Waals surface area contributed by atoms with Gasteiger partial charge in [-0.1, -0.05) is 13.0 Å². The number of aryl methyl sites for hydroxylation is 1. The number of hydrogen-bond donors (Lipinski definition) is 1. The van der Waals surface area contributed by atoms with Gasteiger partial charge in [-0.3, -0.25) is 14.0 Å². The van der Waals surface area contributed by atoms with E-state index in [-0.39, 0.29) is 32.0 Å². The lowest BCUT2D eigenvalue weighted by atomic mass is 10.1. The van der Waals surface area contributed by atoms with Crippen LogP contribution >= 0.6 is 0 Å². The fourth-order valence-corrected chi connectivity index (χ4v) is 3.13. The molecule has 0 saturated carbocycles. The summed E-state index contributed by atoms with van der Waals surface area (Å²) in [6.07, 6.45) is 1.17. The normalized spacial score (nSPS) is 12.9. The number of amides is 2. The number of hydrogen-bond acceptors (Lipinski definition) is 7. The van der Waals surface area contributed by atoms with Crippen molar-refractivity contribution < 1.29 is 26.9 Å². The summed E-state index contributed by atoms with van der Waals surface area (Å²) in [5.74, 6) is -0.202. The molecule has 0 unspecified atom stereocenters. The number of rotatable bonds is 9. The molecule has 164 valence electrons. The molecule has 0 aromatic carbocycles. The van der Waals surface area contributed by atoms with E-state index < -0.39 is 27.9 Å². The Bertz CT molecular complexity index is 804. The number of nitrogens with zero attached hydrogens (tertiary/aromatic N) is 2. The van der Waals surface area contributed by atoms with E-state index in [9.17, 15) is 18.0 Å². The zero-order valence-corrected chi connectivity index (χ0v) is 18.7. The molecule has 1 N–H and O–H groups in total. The maximum Gasteiger partial charge on any atom is 0.407 e. The first-order chi connectivity index (χ1) is 13.3. The van der Waals surface area contributed by atoms with Crippen molar-refractivity contribution in [1.29, 1.82) is 0 Å². The number of carbonyl (C=O) groups is 2. The number of alkyl carbamates (subject to hydrolysis) is 1. The van der Waals surface area contributed by atoms with Crippen molar-refractivity contribution in [2.75, 3.05) is 25.9 Å². The second-order valence-corrected chi connectivity index (χ2v) is 9.22. The molecule has 0 saturated heterocycles. The smallest absolute Gasteiger partial charge is 0.407 e. The van der Waals surface area contributed by atoms with Crippen molar-refractivity contribution in [3.8, 4) is 0 Å². The Morgan fingerprint density at radius 3 is 2.48 bits per heavy atom. The van der Waals surface area contributed by atoms with E-state index in [1.807, 2.05) is 0 Å². The minimum atomic E-state index is -3.79. The van der Waals surface area contributed by atoms with E-state index >= 15 is 0 Å². The Balaban J connectivity index is 2.92. The molecule has 1 aromatic rings. The molecule has 9 nitrogen and oxygen atoms in total. The van der Waals surface area contributed by atoms with Crippen LogP contribution in [0.3, 0.4) is 0 Å². The lowest BCUT2D eigenvalue weighted by Crippen LogP contribution is -2.42. The summed E-state index contributed by atoms with van der Waals surface area (Å²) < 4.78 is 33.9. The molecule has 29 heavy (non-hydrogen) atoms. The SMILES string of the molecule is CCC(=O)N(CCNC(=O)OC(C)(C)C)C[C@@H](OS(C)(=O)=O)c1ncccc1C. The van der Waals surface area contributed by atoms with Crippen molar-refractivity contribution >= 4 is 22.1 Å². The highest BCUT2D eigenvalue weighted by Crippen LogP contribution is 2.22. The number of pyridine rings is 1. The van der Waals surface area contributed by atoms with Gasteiger partial charge in [0.05, 0.1) is 18.5 Å². The van der Waals surface area contributed by atoms with E-state index in [4.69, 9.17) is 8.92 Å². The van der Waals surface area contributed by atoms with Crippen LogP contribution in [0.5, 0.6) is 0 Å². The van der Waals surface area contributed by atoms with Gasteiger partial charge >= 0.3 is 6.09 Å². The predicted molar refractivity (Wildman–Crippen MR) is 109 cm³/mol. The van der Waals surface area contributed by atoms with Gasteiger partial charge in [0.25, 0.3) is 10.1 Å². The van der Waals surface area contributed by atoms with Gasteiger partial charge in [0, 0.05) is 25.7 Å². The van der Waals surface area contributed by atoms with Gasteiger partial charge in [0.1, 0.15) is 11.7 Å². The summed E-state index contributed by atoms with van der Waals surface area (Å²) >= 11 is 0. The van der Waals surface area contributed by atoms with E-state index in [1.165, 1.54) is 11.1 Å². The lowest BCUT2D eigenvalue weighted by molar-refractivity contribution is -0.132. The summed E-state index contributed by atoms with van der Waals surface area (Å²) in [7, 11) is -3.79. The summed E-state index contributed by atoms with van der Waals surface area (Å²) in [4.78, 5) is 29.9. The average Bonchev–Trinajstić information content (AvgIpc) is 2.57. The summed E-state index contributed by atoms with van der Waals surface area (Å²) in [6, 6.07) is 3.52. The Labute approximate surface area is 172 Å². The highest BCUT2D eigenvalue weighted by Gasteiger charge is 2.26. The van der Waals surface area contributed by atoms with Crippen LogP contribution in [0.1, 0.15) is 51.5 Å². The topological polar surface area (TPSA) is 115 Å². The zero-order chi connectivity index (χ0) is 22.2. The van der Waals surface area contributed by atoms with Gasteiger partial charge in [0.2, 0.25) is 5.91 Å². The van der Waals surface area contributed by atoms with Crippen molar-refractivity contribution in [2.24, 2.45) is 0 Å². The molecule has 0 radical (unpaired) electrons. The third-order valence-corrected chi connectivity index (χ3v) is 4.32. The summed E-state index contributed by atoms with van der Waals surface area (Å²) in [5, 5.41) is 2.59. The molecular formula is C19H31N3O6S. The molecule has 0 bridgehead atoms. The van der Waals surface area contributed by atoms with E-state index in [1.54, 1.807) is 46.8 Å². The maximum absolute atomic E-state index is 12.4. The number of aromatic nitrogens is 1. The minimum absolute atomic E-state index is 0.0202. The summed E-state index contributed by atoms with van der Waals surface area (Å²) in [5.41, 5.74) is 0.553. The predicted octanol–water partition coefficient (Wildman–Crippen LogP) is 2.17. The molecule has 1 rings (SSSR count). The fraction of sp³-hybridized carbons (Fsp3) is 0.632. The van der Waals surface area contributed by atoms with Crippen molar-refractivity contribution in [3.05, 3.63) is 29.6 Å². The number of ether oxygens (including phenoxy) is 1. The second kappa shape index (κ2) is 10.5. The van der Waals surface area contributed by atoms with Crippen LogP contribution < -0.4 is 5.32 Å². The fourth-order valence-electron chi connectivity index (χ4n) is 2.56. The molecule has 0 aliphatic heterocycles. The molecular weight excluding hydrogens is 398 g/mol. The van der Waals surface area contributed by atoms with Crippen LogP contribution in [0.25, 0.3) is 0 Å². The standard InChI is InChI=1S/C19H31N3O6S/c1-7-16(23)22(12-11-21-18(24)27-19(3,4)5)13-15(28-29(6,25)26)17-14(2)9-8-10-20-17/h8-10,15H,7,11-13H2,1-6H3,(H,21,24)/t15-/m1/s1. The van der Waals surface area contributed by atoms with Gasteiger partial charge in [-0.15, -0.1) is 0 Å². The lowest BCUT2D eigenvalue weighted by Gasteiger charge is -2.27. The molecule has 1 atom stereocenters. The van der Waals surface area contributed by atoms with Crippen molar-refractivity contribution in [2.45, 2.75) is 52.7 Å². The highest BCUT2D eigenvalue weighted by molar-refractivity contribution is 7.86. The zero-order valence-electron chi connectivity index (χ0n) is 17.9. The first-order valence-electron chi connectivity index (χ1n) is 9.36. The molecule has 1 heterocycles. The highest BCUT2D eigenvalue weighted by atomic mass is 32.2. The van der Waals surface area contributed by atoms with Crippen LogP contribution in [0.4, 0.5) is 4.79 Å². The largest absolute Gasteiger partial charge is 0.444 e. The Kier molecular flexibility index (Phi) is 9.03. The van der Waals surface area contributed by atoms with Crippen LogP contribution in [0.15, 0.2) is 18.3 Å². The minimum Gasteiger partial charge on any atom is -0.444 e. The van der Waals surface area contributed by atoms with Crippen LogP contribution in [-0.4, -0.2) is 61.8 Å². The molecule has 10 heteroatoms. The first kappa shape index (κ1) is 24.8. The number of nitrogens with one attached hydrogen (secondary N) is 1. The second-order valence-electron chi connectivity index (χ2n) is 7.62. The van der Waals surface area contributed by atoms with Gasteiger partial charge in [-0.25, -0.2) is 4.79 Å². The molecule has 1 aromatic heterocycles. The third-order valence-electron chi connectivity index (χ3n) is 3.74. The Hall–Kier alpha value is -2.20. The Morgan fingerprint density at radius 2 is 1.97 bits per heavy atom. The molecule has 0 aliphatic carbocycles. The first-order valence-corrected chi connectivity index (χ1v) is 11.2. The van der Waals surface area contributed by atoms with Gasteiger partial charge in [-0.2, -0.15) is 8.42 Å². The van der Waals surface area contributed by atoms with Crippen LogP contribution in [0, 0.1) is 6.92 Å². The molecule has 2 amide bonds. The number of carbonyl (C=O) groups excluding carboxylic acids is 2. The van der Waals surface area contributed by atoms with E-state index in [0.717, 1.165) is 11.8 Å². The van der Waals surface area contributed by atoms with Crippen LogP contribution in [0.2, 0.25) is 0 Å². The van der Waals surface area contributed by atoms with Gasteiger partial charge in [0.15, 0.2) is 0 Å². The van der Waals surface area contributed by atoms with E-state index in [0.29, 0.717) is 5.69 Å². The molecule has 0 aliphatic rings. The van der Waals surface area contributed by atoms with Crippen molar-refractivity contribution in [3.63, 3.8) is 0 Å². The molecule has 0 fully saturated rings. The summed E-state index contributed by atoms with van der Waals surface area (Å²) in [6.45, 7) is 9.04. The van der Waals surface area contributed by atoms with Gasteiger partial charge in [-0.05, 0) is 39.3 Å². The Morgan fingerprint density at radius 1 is 1.31 bits per heavy atom. The average molecular weight is 430 g/mol. The van der Waals surface area contributed by atoms with E-state index in [2.05, 4.69) is 10.3 Å². The monoisotopic (exact) mass is 429 g/mol. The van der Waals surface area contributed by atoms with Crippen LogP contribution in [-0.2, 0) is 23.8 Å². The van der Waals surface area contributed by atoms with Gasteiger partial charge < -0.3 is 15.0 Å². The third kappa shape index (κ3) is 9.71. The molecule has 0 spiro atoms. The quantitative estimate of drug-likeness (QED) is 0.598. The van der Waals surface area contributed by atoms with Crippen molar-refractivity contribution in [1.82, 2.24) is 15.2 Å². The maximum atomic E-state index is 12.4.